The molecule has 6 aromatic rings. The molecule has 2 unspecified atom stereocenters. The lowest BCUT2D eigenvalue weighted by atomic mass is 10.0. The van der Waals surface area contributed by atoms with E-state index in [1.807, 2.05) is 93.6 Å². The van der Waals surface area contributed by atoms with Crippen LogP contribution in [0.4, 0.5) is 16.2 Å². The quantitative estimate of drug-likeness (QED) is 0.0928. The molecule has 2 saturated heterocycles. The highest BCUT2D eigenvalue weighted by Crippen LogP contribution is 2.24. The van der Waals surface area contributed by atoms with Crippen molar-refractivity contribution in [2.24, 2.45) is 0 Å². The summed E-state index contributed by atoms with van der Waals surface area (Å²) >= 11 is 0. The zero-order chi connectivity index (χ0) is 44.3. The maximum Gasteiger partial charge on any atom is 0.410 e. The Balaban J connectivity index is 0.000000193. The van der Waals surface area contributed by atoms with Gasteiger partial charge in [-0.1, -0.05) is 72.8 Å². The number of nitrogens with zero attached hydrogens (tertiary/aromatic N) is 3. The molecule has 5 N–H and O–H groups in total. The Labute approximate surface area is 366 Å². The molecule has 4 aromatic carbocycles. The molecular weight excluding hydrogens is 797 g/mol. The number of carbonyl (C=O) groups is 5. The molecule has 324 valence electrons. The van der Waals surface area contributed by atoms with E-state index in [1.54, 1.807) is 47.5 Å². The average molecular weight is 849 g/mol. The van der Waals surface area contributed by atoms with Gasteiger partial charge in [-0.15, -0.1) is 0 Å². The van der Waals surface area contributed by atoms with E-state index in [1.165, 1.54) is 6.20 Å². The van der Waals surface area contributed by atoms with Gasteiger partial charge in [0.2, 0.25) is 0 Å². The second kappa shape index (κ2) is 20.1. The van der Waals surface area contributed by atoms with Crippen LogP contribution in [0.1, 0.15) is 88.1 Å². The second-order valence-corrected chi connectivity index (χ2v) is 16.4. The van der Waals surface area contributed by atoms with Crippen LogP contribution in [-0.4, -0.2) is 88.5 Å². The Morgan fingerprint density at radius 1 is 0.635 bits per heavy atom. The van der Waals surface area contributed by atoms with Crippen molar-refractivity contribution < 1.29 is 28.7 Å². The van der Waals surface area contributed by atoms with Crippen LogP contribution < -0.4 is 26.6 Å². The summed E-state index contributed by atoms with van der Waals surface area (Å²) < 4.78 is 5.49. The lowest BCUT2D eigenvalue weighted by Crippen LogP contribution is -2.45. The van der Waals surface area contributed by atoms with Crippen molar-refractivity contribution in [1.82, 2.24) is 30.8 Å². The van der Waals surface area contributed by atoms with Crippen LogP contribution >= 0.6 is 0 Å². The molecule has 14 nitrogen and oxygen atoms in total. The van der Waals surface area contributed by atoms with Gasteiger partial charge in [0.05, 0.1) is 17.4 Å². The van der Waals surface area contributed by atoms with E-state index in [-0.39, 0.29) is 47.8 Å². The summed E-state index contributed by atoms with van der Waals surface area (Å²) in [5.74, 6) is -1.30. The third kappa shape index (κ3) is 11.2. The summed E-state index contributed by atoms with van der Waals surface area (Å²) in [6.07, 6.45) is 6.46. The first kappa shape index (κ1) is 43.9. The van der Waals surface area contributed by atoms with Gasteiger partial charge in [-0.05, 0) is 111 Å². The number of hydrogen-bond donors (Lipinski definition) is 5. The first-order valence-electron chi connectivity index (χ1n) is 21.2. The number of pyridine rings is 2. The zero-order valence-corrected chi connectivity index (χ0v) is 35.6. The number of rotatable bonds is 10. The Hall–Kier alpha value is -7.19. The molecule has 0 radical (unpaired) electrons. The summed E-state index contributed by atoms with van der Waals surface area (Å²) in [4.78, 5) is 74.1. The van der Waals surface area contributed by atoms with Gasteiger partial charge in [-0.3, -0.25) is 19.2 Å². The molecule has 2 atom stereocenters. The van der Waals surface area contributed by atoms with E-state index >= 15 is 0 Å². The molecular formula is C49H52N8O6. The van der Waals surface area contributed by atoms with Gasteiger partial charge in [0.25, 0.3) is 23.6 Å². The highest BCUT2D eigenvalue weighted by atomic mass is 16.6. The molecule has 0 saturated carbocycles. The first-order chi connectivity index (χ1) is 30.4. The molecule has 0 aliphatic carbocycles. The van der Waals surface area contributed by atoms with E-state index in [0.717, 1.165) is 53.8 Å². The maximum atomic E-state index is 13.1. The summed E-state index contributed by atoms with van der Waals surface area (Å²) in [6, 6.07) is 33.3. The number of amides is 5. The molecule has 4 heterocycles. The summed E-state index contributed by atoms with van der Waals surface area (Å²) in [5, 5.41) is 18.4. The molecule has 0 bridgehead atoms. The highest BCUT2D eigenvalue weighted by Gasteiger charge is 2.32. The van der Waals surface area contributed by atoms with Gasteiger partial charge in [0, 0.05) is 49.2 Å². The number of ether oxygens (including phenoxy) is 1. The third-order valence-electron chi connectivity index (χ3n) is 10.8. The summed E-state index contributed by atoms with van der Waals surface area (Å²) in [5.41, 5.74) is 1.53. The Morgan fingerprint density at radius 3 is 1.68 bits per heavy atom. The number of benzene rings is 4. The van der Waals surface area contributed by atoms with Crippen molar-refractivity contribution in [3.8, 4) is 0 Å². The molecule has 0 spiro atoms. The lowest BCUT2D eigenvalue weighted by Gasteiger charge is -2.28. The first-order valence-corrected chi connectivity index (χ1v) is 21.2. The molecule has 63 heavy (non-hydrogen) atoms. The van der Waals surface area contributed by atoms with Gasteiger partial charge in [0.1, 0.15) is 5.60 Å². The SMILES string of the molecule is CC(C)(C)OC(=O)N1CCCC1CNC(=O)c1ncccc1NC(=O)c1cccc2ccccc12.O=C(NCC1CCCN1)c1ncccc1NC(=O)c1cccc2ccccc12. The van der Waals surface area contributed by atoms with Crippen molar-refractivity contribution in [2.75, 3.05) is 36.8 Å². The minimum atomic E-state index is -0.585. The predicted molar refractivity (Wildman–Crippen MR) is 244 cm³/mol. The van der Waals surface area contributed by atoms with Crippen molar-refractivity contribution in [3.63, 3.8) is 0 Å². The van der Waals surface area contributed by atoms with Crippen LogP contribution in [0.2, 0.25) is 0 Å². The van der Waals surface area contributed by atoms with Gasteiger partial charge in [-0.2, -0.15) is 0 Å². The number of anilines is 2. The van der Waals surface area contributed by atoms with Crippen molar-refractivity contribution >= 4 is 62.6 Å². The smallest absolute Gasteiger partial charge is 0.410 e. The van der Waals surface area contributed by atoms with E-state index in [9.17, 15) is 24.0 Å². The number of likely N-dealkylation sites (tertiary alicyclic amines) is 1. The van der Waals surface area contributed by atoms with Crippen molar-refractivity contribution in [2.45, 2.75) is 64.1 Å². The molecule has 2 aliphatic heterocycles. The minimum Gasteiger partial charge on any atom is -0.444 e. The Bertz CT molecular complexity index is 2610. The molecule has 2 aromatic heterocycles. The molecule has 8 rings (SSSR count). The van der Waals surface area contributed by atoms with Gasteiger partial charge >= 0.3 is 6.09 Å². The Morgan fingerprint density at radius 2 is 1.16 bits per heavy atom. The van der Waals surface area contributed by atoms with Crippen molar-refractivity contribution in [1.29, 1.82) is 0 Å². The third-order valence-corrected chi connectivity index (χ3v) is 10.8. The fourth-order valence-corrected chi connectivity index (χ4v) is 7.73. The van der Waals surface area contributed by atoms with E-state index in [4.69, 9.17) is 4.74 Å². The molecule has 2 fully saturated rings. The number of hydrogen-bond acceptors (Lipinski definition) is 9. The van der Waals surface area contributed by atoms with Crippen molar-refractivity contribution in [3.05, 3.63) is 144 Å². The van der Waals surface area contributed by atoms with Crippen LogP contribution in [0.3, 0.4) is 0 Å². The lowest BCUT2D eigenvalue weighted by molar-refractivity contribution is 0.0224. The minimum absolute atomic E-state index is 0.114. The highest BCUT2D eigenvalue weighted by molar-refractivity contribution is 6.15. The van der Waals surface area contributed by atoms with E-state index in [2.05, 4.69) is 36.6 Å². The topological polar surface area (TPSA) is 184 Å². The van der Waals surface area contributed by atoms with Crippen LogP contribution in [0.15, 0.2) is 122 Å². The van der Waals surface area contributed by atoms with Crippen LogP contribution in [0, 0.1) is 0 Å². The number of nitrogens with one attached hydrogen (secondary N) is 5. The zero-order valence-electron chi connectivity index (χ0n) is 35.6. The monoisotopic (exact) mass is 848 g/mol. The Kier molecular flexibility index (Phi) is 14.0. The summed E-state index contributed by atoms with van der Waals surface area (Å²) in [6.45, 7) is 7.87. The van der Waals surface area contributed by atoms with E-state index in [0.29, 0.717) is 41.6 Å². The van der Waals surface area contributed by atoms with Crippen LogP contribution in [0.5, 0.6) is 0 Å². The molecule has 14 heteroatoms. The number of fused-ring (bicyclic) bond motifs is 2. The summed E-state index contributed by atoms with van der Waals surface area (Å²) in [7, 11) is 0. The van der Waals surface area contributed by atoms with Gasteiger partial charge in [0.15, 0.2) is 11.4 Å². The standard InChI is InChI=1S/C27H30N4O4.C22H22N4O2/c1-27(2,3)35-26(34)31-16-8-11-19(31)17-29-25(33)23-22(14-7-15-28-23)30-24(32)21-13-6-10-18-9-4-5-12-20(18)21;27-21(18-10-3-7-15-6-1-2-9-17(15)18)26-19-11-5-13-24-20(19)22(28)25-14-16-8-4-12-23-16/h4-7,9-10,12-15,19H,8,11,16-17H2,1-3H3,(H,29,33)(H,30,32);1-3,5-7,9-11,13,16,23H,4,8,12,14H2,(H,25,28)(H,26,27). The fraction of sp³-hybridized carbons (Fsp3) is 0.286. The largest absolute Gasteiger partial charge is 0.444 e. The van der Waals surface area contributed by atoms with Gasteiger partial charge < -0.3 is 36.2 Å². The number of carbonyl (C=O) groups excluding carboxylic acids is 5. The van der Waals surface area contributed by atoms with Crippen LogP contribution in [0.25, 0.3) is 21.5 Å². The number of aromatic nitrogens is 2. The predicted octanol–water partition coefficient (Wildman–Crippen LogP) is 7.59. The maximum absolute atomic E-state index is 13.1. The second-order valence-electron chi connectivity index (χ2n) is 16.4. The normalized spacial score (nSPS) is 15.8. The average Bonchev–Trinajstić information content (AvgIpc) is 4.00. The fourth-order valence-electron chi connectivity index (χ4n) is 7.73. The van der Waals surface area contributed by atoms with E-state index < -0.39 is 11.5 Å². The van der Waals surface area contributed by atoms with Gasteiger partial charge in [-0.25, -0.2) is 14.8 Å². The van der Waals surface area contributed by atoms with Crippen LogP contribution in [-0.2, 0) is 4.74 Å². The molecule has 5 amide bonds. The molecule has 2 aliphatic rings.